The van der Waals surface area contributed by atoms with Gasteiger partial charge in [-0.15, -0.1) is 22.7 Å². The van der Waals surface area contributed by atoms with Crippen LogP contribution in [0.15, 0.2) is 5.38 Å². The summed E-state index contributed by atoms with van der Waals surface area (Å²) in [6.07, 6.45) is 4.14. The first kappa shape index (κ1) is 16.1. The van der Waals surface area contributed by atoms with Gasteiger partial charge in [-0.3, -0.25) is 9.59 Å². The van der Waals surface area contributed by atoms with E-state index in [-0.39, 0.29) is 11.8 Å². The molecule has 2 aromatic heterocycles. The van der Waals surface area contributed by atoms with Crippen LogP contribution in [-0.2, 0) is 24.2 Å². The van der Waals surface area contributed by atoms with Crippen molar-refractivity contribution in [2.45, 2.75) is 46.1 Å². The predicted molar refractivity (Wildman–Crippen MR) is 93.3 cm³/mol. The summed E-state index contributed by atoms with van der Waals surface area (Å²) in [5.74, 6) is -0.272. The van der Waals surface area contributed by atoms with E-state index in [4.69, 9.17) is 0 Å². The second-order valence-electron chi connectivity index (χ2n) is 5.64. The van der Waals surface area contributed by atoms with Crippen LogP contribution in [0.1, 0.15) is 51.3 Å². The number of anilines is 1. The molecule has 0 fully saturated rings. The molecule has 0 atom stereocenters. The first-order valence-corrected chi connectivity index (χ1v) is 9.35. The van der Waals surface area contributed by atoms with Crippen molar-refractivity contribution in [2.75, 3.05) is 5.32 Å². The van der Waals surface area contributed by atoms with Crippen molar-refractivity contribution in [2.24, 2.45) is 0 Å². The lowest BCUT2D eigenvalue weighted by Gasteiger charge is -2.13. The zero-order valence-electron chi connectivity index (χ0n) is 13.2. The highest BCUT2D eigenvalue weighted by atomic mass is 32.1. The molecule has 3 rings (SSSR count). The Morgan fingerprint density at radius 3 is 2.78 bits per heavy atom. The Bertz CT molecular complexity index is 749. The number of aryl methyl sites for hydroxylation is 2. The Labute approximate surface area is 143 Å². The van der Waals surface area contributed by atoms with Crippen molar-refractivity contribution in [1.29, 1.82) is 0 Å². The molecule has 2 aromatic rings. The number of fused-ring (bicyclic) bond motifs is 1. The first-order chi connectivity index (χ1) is 11.0. The fourth-order valence-corrected chi connectivity index (χ4v) is 4.75. The smallest absolute Gasteiger partial charge is 0.254 e. The number of hydrogen-bond donors (Lipinski definition) is 2. The van der Waals surface area contributed by atoms with Crippen molar-refractivity contribution < 1.29 is 9.59 Å². The molecule has 0 unspecified atom stereocenters. The summed E-state index contributed by atoms with van der Waals surface area (Å²) in [4.78, 5) is 29.7. The highest BCUT2D eigenvalue weighted by molar-refractivity contribution is 7.17. The summed E-state index contributed by atoms with van der Waals surface area (Å²) in [5, 5.41) is 9.37. The molecule has 5 nitrogen and oxygen atoms in total. The molecule has 2 N–H and O–H groups in total. The number of nitrogens with zero attached hydrogens (tertiary/aromatic N) is 1. The Morgan fingerprint density at radius 1 is 1.30 bits per heavy atom. The van der Waals surface area contributed by atoms with Gasteiger partial charge in [-0.2, -0.15) is 0 Å². The zero-order chi connectivity index (χ0) is 16.4. The van der Waals surface area contributed by atoms with Crippen LogP contribution in [0, 0.1) is 6.92 Å². The van der Waals surface area contributed by atoms with Gasteiger partial charge in [0.05, 0.1) is 22.8 Å². The maximum atomic E-state index is 12.7. The highest BCUT2D eigenvalue weighted by Gasteiger charge is 2.25. The molecular weight excluding hydrogens is 330 g/mol. The fourth-order valence-electron chi connectivity index (χ4n) is 2.80. The van der Waals surface area contributed by atoms with E-state index in [9.17, 15) is 9.59 Å². The molecule has 2 amide bonds. The minimum Gasteiger partial charge on any atom is -0.346 e. The van der Waals surface area contributed by atoms with Crippen molar-refractivity contribution in [3.8, 4) is 0 Å². The largest absolute Gasteiger partial charge is 0.346 e. The average molecular weight is 349 g/mol. The molecular formula is C16H19N3O2S2. The number of nitrogens with one attached hydrogen (secondary N) is 2. The second-order valence-corrected chi connectivity index (χ2v) is 7.80. The number of thiazole rings is 1. The van der Waals surface area contributed by atoms with Crippen LogP contribution < -0.4 is 10.6 Å². The number of aromatic nitrogens is 1. The minimum atomic E-state index is -0.146. The lowest BCUT2D eigenvalue weighted by Crippen LogP contribution is -2.25. The normalized spacial score (nSPS) is 13.5. The van der Waals surface area contributed by atoms with Gasteiger partial charge in [0.15, 0.2) is 0 Å². The number of rotatable bonds is 4. The Kier molecular flexibility index (Phi) is 4.77. The maximum Gasteiger partial charge on any atom is 0.254 e. The molecule has 0 bridgehead atoms. The van der Waals surface area contributed by atoms with Crippen LogP contribution in [0.4, 0.5) is 5.00 Å². The lowest BCUT2D eigenvalue weighted by atomic mass is 9.95. The molecule has 0 aromatic carbocycles. The van der Waals surface area contributed by atoms with Crippen molar-refractivity contribution in [1.82, 2.24) is 10.3 Å². The van der Waals surface area contributed by atoms with Gasteiger partial charge in [0.25, 0.3) is 5.91 Å². The fraction of sp³-hybridized carbons (Fsp3) is 0.438. The average Bonchev–Trinajstić information content (AvgIpc) is 3.07. The number of amides is 2. The summed E-state index contributed by atoms with van der Waals surface area (Å²) in [6.45, 7) is 3.83. The van der Waals surface area contributed by atoms with E-state index in [2.05, 4.69) is 15.6 Å². The topological polar surface area (TPSA) is 71.1 Å². The molecule has 2 heterocycles. The van der Waals surface area contributed by atoms with Gasteiger partial charge in [-0.25, -0.2) is 4.98 Å². The molecule has 0 saturated heterocycles. The predicted octanol–water partition coefficient (Wildman–Crippen LogP) is 3.28. The van der Waals surface area contributed by atoms with Gasteiger partial charge >= 0.3 is 0 Å². The van der Waals surface area contributed by atoms with Crippen LogP contribution in [0.2, 0.25) is 0 Å². The highest BCUT2D eigenvalue weighted by Crippen LogP contribution is 2.38. The molecule has 1 aliphatic carbocycles. The number of thiophene rings is 1. The molecule has 0 radical (unpaired) electrons. The van der Waals surface area contributed by atoms with Crippen molar-refractivity contribution >= 4 is 39.5 Å². The van der Waals surface area contributed by atoms with Crippen LogP contribution in [-0.4, -0.2) is 16.8 Å². The molecule has 0 aliphatic heterocycles. The summed E-state index contributed by atoms with van der Waals surface area (Å²) in [6, 6.07) is 0. The van der Waals surface area contributed by atoms with Gasteiger partial charge in [-0.1, -0.05) is 0 Å². The van der Waals surface area contributed by atoms with E-state index >= 15 is 0 Å². The third kappa shape index (κ3) is 3.61. The van der Waals surface area contributed by atoms with Gasteiger partial charge < -0.3 is 10.6 Å². The summed E-state index contributed by atoms with van der Waals surface area (Å²) < 4.78 is 0. The first-order valence-electron chi connectivity index (χ1n) is 7.66. The van der Waals surface area contributed by atoms with E-state index in [0.29, 0.717) is 17.1 Å². The SMILES string of the molecule is CC(=O)Nc1sc2c(c1C(=O)NCc1csc(C)n1)CCCC2. The molecule has 122 valence electrons. The number of hydrogen-bond acceptors (Lipinski definition) is 5. The minimum absolute atomic E-state index is 0.126. The third-order valence-electron chi connectivity index (χ3n) is 3.78. The molecule has 1 aliphatic rings. The second kappa shape index (κ2) is 6.80. The van der Waals surface area contributed by atoms with Crippen LogP contribution in [0.25, 0.3) is 0 Å². The summed E-state index contributed by atoms with van der Waals surface area (Å²) in [5.41, 5.74) is 2.62. The van der Waals surface area contributed by atoms with Gasteiger partial charge in [0.1, 0.15) is 5.00 Å². The van der Waals surface area contributed by atoms with E-state index < -0.39 is 0 Å². The van der Waals surface area contributed by atoms with E-state index in [0.717, 1.165) is 41.9 Å². The number of carbonyl (C=O) groups is 2. The molecule has 7 heteroatoms. The van der Waals surface area contributed by atoms with Crippen LogP contribution in [0.3, 0.4) is 0 Å². The lowest BCUT2D eigenvalue weighted by molar-refractivity contribution is -0.114. The van der Waals surface area contributed by atoms with E-state index in [1.807, 2.05) is 12.3 Å². The van der Waals surface area contributed by atoms with Gasteiger partial charge in [-0.05, 0) is 38.2 Å². The van der Waals surface area contributed by atoms with E-state index in [1.165, 1.54) is 23.1 Å². The van der Waals surface area contributed by atoms with Crippen LogP contribution >= 0.6 is 22.7 Å². The Balaban J connectivity index is 1.82. The third-order valence-corrected chi connectivity index (χ3v) is 5.81. The molecule has 0 saturated carbocycles. The standard InChI is InChI=1S/C16H19N3O2S2/c1-9(20)18-16-14(12-5-3-4-6-13(12)23-16)15(21)17-7-11-8-22-10(2)19-11/h8H,3-7H2,1-2H3,(H,17,21)(H,18,20). The molecule has 0 spiro atoms. The monoisotopic (exact) mass is 349 g/mol. The Hall–Kier alpha value is -1.73. The van der Waals surface area contributed by atoms with Crippen molar-refractivity contribution in [3.63, 3.8) is 0 Å². The zero-order valence-corrected chi connectivity index (χ0v) is 14.8. The van der Waals surface area contributed by atoms with Crippen LogP contribution in [0.5, 0.6) is 0 Å². The summed E-state index contributed by atoms with van der Waals surface area (Å²) in [7, 11) is 0. The molecule has 23 heavy (non-hydrogen) atoms. The van der Waals surface area contributed by atoms with E-state index in [1.54, 1.807) is 11.3 Å². The number of carbonyl (C=O) groups excluding carboxylic acids is 2. The van der Waals surface area contributed by atoms with Crippen molar-refractivity contribution in [3.05, 3.63) is 32.1 Å². The quantitative estimate of drug-likeness (QED) is 0.890. The van der Waals surface area contributed by atoms with Gasteiger partial charge in [0, 0.05) is 17.2 Å². The van der Waals surface area contributed by atoms with Gasteiger partial charge in [0.2, 0.25) is 5.91 Å². The summed E-state index contributed by atoms with van der Waals surface area (Å²) >= 11 is 3.11. The Morgan fingerprint density at radius 2 is 2.09 bits per heavy atom. The maximum absolute atomic E-state index is 12.7.